The summed E-state index contributed by atoms with van der Waals surface area (Å²) in [5.41, 5.74) is 3.16. The highest BCUT2D eigenvalue weighted by Gasteiger charge is 2.31. The summed E-state index contributed by atoms with van der Waals surface area (Å²) in [5.74, 6) is 1.36. The maximum atomic E-state index is 10.1. The standard InChI is InChI=1S/C23H34N2O5.C2H6O.C2H6/c1-14(2)25-16(5)21(10-17-6-8-19(9-7-17)28-15(3)4)23(24-25)30-22-12-18(27)11-20(13-26)29-22;1-2-3;1-2/h6-9,14-15,18,20,22,26-27H,10-13H2,1-5H3;3H,2H2,1H3;1-2H3. The Morgan fingerprint density at radius 1 is 1.09 bits per heavy atom. The van der Waals surface area contributed by atoms with Crippen LogP contribution in [0.25, 0.3) is 0 Å². The van der Waals surface area contributed by atoms with Gasteiger partial charge in [-0.25, -0.2) is 0 Å². The van der Waals surface area contributed by atoms with Gasteiger partial charge >= 0.3 is 0 Å². The number of nitrogens with zero attached hydrogens (tertiary/aromatic N) is 2. The lowest BCUT2D eigenvalue weighted by atomic mass is 10.0. The van der Waals surface area contributed by atoms with Gasteiger partial charge in [0.2, 0.25) is 12.2 Å². The van der Waals surface area contributed by atoms with E-state index in [0.717, 1.165) is 22.6 Å². The predicted octanol–water partition coefficient (Wildman–Crippen LogP) is 4.41. The average Bonchev–Trinajstić information content (AvgIpc) is 3.11. The fourth-order valence-electron chi connectivity index (χ4n) is 3.75. The molecule has 0 aliphatic carbocycles. The molecule has 200 valence electrons. The molecule has 0 spiro atoms. The molecule has 3 unspecified atom stereocenters. The minimum atomic E-state index is -0.638. The second-order valence-corrected chi connectivity index (χ2v) is 8.82. The summed E-state index contributed by atoms with van der Waals surface area (Å²) >= 11 is 0. The van der Waals surface area contributed by atoms with Crippen molar-refractivity contribution in [1.82, 2.24) is 9.78 Å². The van der Waals surface area contributed by atoms with Crippen molar-refractivity contribution in [2.75, 3.05) is 13.2 Å². The van der Waals surface area contributed by atoms with Crippen LogP contribution in [0.5, 0.6) is 11.6 Å². The van der Waals surface area contributed by atoms with Gasteiger partial charge in [-0.2, -0.15) is 0 Å². The Labute approximate surface area is 210 Å². The molecule has 0 bridgehead atoms. The second kappa shape index (κ2) is 15.8. The van der Waals surface area contributed by atoms with E-state index in [1.54, 1.807) is 6.92 Å². The first kappa shape index (κ1) is 30.9. The Bertz CT molecular complexity index is 835. The van der Waals surface area contributed by atoms with E-state index in [4.69, 9.17) is 19.3 Å². The zero-order valence-corrected chi connectivity index (χ0v) is 22.7. The fourth-order valence-corrected chi connectivity index (χ4v) is 3.75. The third-order valence-electron chi connectivity index (χ3n) is 5.19. The van der Waals surface area contributed by atoms with E-state index in [9.17, 15) is 10.2 Å². The number of ether oxygens (including phenoxy) is 3. The van der Waals surface area contributed by atoms with Gasteiger partial charge in [-0.15, -0.1) is 5.10 Å². The molecule has 1 aliphatic rings. The molecule has 3 N–H and O–H groups in total. The highest BCUT2D eigenvalue weighted by molar-refractivity contribution is 5.38. The van der Waals surface area contributed by atoms with Gasteiger partial charge in [0.15, 0.2) is 0 Å². The van der Waals surface area contributed by atoms with Crippen LogP contribution in [0.2, 0.25) is 0 Å². The van der Waals surface area contributed by atoms with Crippen LogP contribution in [0.15, 0.2) is 24.3 Å². The second-order valence-electron chi connectivity index (χ2n) is 8.82. The third kappa shape index (κ3) is 9.80. The van der Waals surface area contributed by atoms with Crippen LogP contribution in [-0.4, -0.2) is 62.9 Å². The SMILES string of the molecule is CC.CCO.Cc1c(Cc2ccc(OC(C)C)cc2)c(OC2CC(O)CC(CO)O2)nn1C(C)C. The van der Waals surface area contributed by atoms with Gasteiger partial charge in [0.1, 0.15) is 5.75 Å². The monoisotopic (exact) mass is 494 g/mol. The molecule has 2 heterocycles. The number of rotatable bonds is 8. The number of hydrogen-bond donors (Lipinski definition) is 3. The number of aliphatic hydroxyl groups is 3. The lowest BCUT2D eigenvalue weighted by Crippen LogP contribution is -2.40. The zero-order valence-electron chi connectivity index (χ0n) is 22.7. The maximum absolute atomic E-state index is 10.1. The summed E-state index contributed by atoms with van der Waals surface area (Å²) in [6.45, 7) is 16.0. The molecular weight excluding hydrogens is 448 g/mol. The van der Waals surface area contributed by atoms with Crippen LogP contribution in [0.3, 0.4) is 0 Å². The van der Waals surface area contributed by atoms with Crippen molar-refractivity contribution in [3.05, 3.63) is 41.1 Å². The molecule has 0 radical (unpaired) electrons. The van der Waals surface area contributed by atoms with E-state index >= 15 is 0 Å². The van der Waals surface area contributed by atoms with E-state index in [1.165, 1.54) is 0 Å². The zero-order chi connectivity index (χ0) is 26.5. The summed E-state index contributed by atoms with van der Waals surface area (Å²) in [6, 6.07) is 8.24. The van der Waals surface area contributed by atoms with Gasteiger partial charge in [0, 0.05) is 43.2 Å². The Balaban J connectivity index is 0.00000114. The first-order chi connectivity index (χ1) is 16.7. The van der Waals surface area contributed by atoms with Crippen molar-refractivity contribution in [2.24, 2.45) is 0 Å². The number of aromatic nitrogens is 2. The molecule has 35 heavy (non-hydrogen) atoms. The molecule has 1 aromatic carbocycles. The number of aliphatic hydroxyl groups excluding tert-OH is 3. The highest BCUT2D eigenvalue weighted by Crippen LogP contribution is 2.30. The minimum absolute atomic E-state index is 0.135. The first-order valence-electron chi connectivity index (χ1n) is 12.7. The summed E-state index contributed by atoms with van der Waals surface area (Å²) in [5, 5.41) is 31.8. The molecule has 8 heteroatoms. The minimum Gasteiger partial charge on any atom is -0.491 e. The van der Waals surface area contributed by atoms with Gasteiger partial charge in [0.05, 0.1) is 24.9 Å². The summed E-state index contributed by atoms with van der Waals surface area (Å²) in [4.78, 5) is 0. The molecule has 1 saturated heterocycles. The molecule has 1 fully saturated rings. The van der Waals surface area contributed by atoms with Gasteiger partial charge in [-0.1, -0.05) is 26.0 Å². The van der Waals surface area contributed by atoms with Crippen LogP contribution in [0.4, 0.5) is 0 Å². The molecule has 2 aromatic rings. The van der Waals surface area contributed by atoms with Crippen LogP contribution in [0, 0.1) is 6.92 Å². The maximum Gasteiger partial charge on any atom is 0.238 e. The Morgan fingerprint density at radius 3 is 2.20 bits per heavy atom. The summed E-state index contributed by atoms with van der Waals surface area (Å²) in [6.07, 6.45) is -0.0697. The van der Waals surface area contributed by atoms with Crippen molar-refractivity contribution in [1.29, 1.82) is 0 Å². The van der Waals surface area contributed by atoms with E-state index in [2.05, 4.69) is 31.1 Å². The van der Waals surface area contributed by atoms with Crippen molar-refractivity contribution in [2.45, 2.75) is 105 Å². The van der Waals surface area contributed by atoms with E-state index in [-0.39, 0.29) is 25.4 Å². The van der Waals surface area contributed by atoms with Crippen LogP contribution >= 0.6 is 0 Å². The lowest BCUT2D eigenvalue weighted by molar-refractivity contribution is -0.186. The van der Waals surface area contributed by atoms with Crippen molar-refractivity contribution in [3.8, 4) is 11.6 Å². The molecule has 1 aromatic heterocycles. The Hall–Kier alpha value is -2.13. The van der Waals surface area contributed by atoms with Crippen molar-refractivity contribution >= 4 is 0 Å². The first-order valence-corrected chi connectivity index (χ1v) is 12.7. The molecule has 0 saturated carbocycles. The molecule has 1 aliphatic heterocycles. The smallest absolute Gasteiger partial charge is 0.238 e. The third-order valence-corrected chi connectivity index (χ3v) is 5.19. The molecule has 0 amide bonds. The van der Waals surface area contributed by atoms with E-state index in [1.807, 2.05) is 51.4 Å². The largest absolute Gasteiger partial charge is 0.491 e. The topological polar surface area (TPSA) is 106 Å². The molecular formula is C27H46N2O6. The van der Waals surface area contributed by atoms with Crippen molar-refractivity contribution in [3.63, 3.8) is 0 Å². The van der Waals surface area contributed by atoms with Crippen molar-refractivity contribution < 1.29 is 29.5 Å². The van der Waals surface area contributed by atoms with Gasteiger partial charge < -0.3 is 29.5 Å². The van der Waals surface area contributed by atoms with Gasteiger partial charge in [-0.05, 0) is 59.2 Å². The number of hydrogen-bond acceptors (Lipinski definition) is 7. The summed E-state index contributed by atoms with van der Waals surface area (Å²) < 4.78 is 19.6. The number of benzene rings is 1. The van der Waals surface area contributed by atoms with E-state index < -0.39 is 18.5 Å². The van der Waals surface area contributed by atoms with Gasteiger partial charge in [-0.3, -0.25) is 4.68 Å². The summed E-state index contributed by atoms with van der Waals surface area (Å²) in [7, 11) is 0. The molecule has 8 nitrogen and oxygen atoms in total. The van der Waals surface area contributed by atoms with Crippen LogP contribution in [-0.2, 0) is 11.2 Å². The quantitative estimate of drug-likeness (QED) is 0.499. The Kier molecular flexibility index (Phi) is 13.9. The van der Waals surface area contributed by atoms with Crippen LogP contribution < -0.4 is 9.47 Å². The molecule has 3 rings (SSSR count). The van der Waals surface area contributed by atoms with E-state index in [0.29, 0.717) is 25.1 Å². The fraction of sp³-hybridized carbons (Fsp3) is 0.667. The Morgan fingerprint density at radius 2 is 1.69 bits per heavy atom. The van der Waals surface area contributed by atoms with Gasteiger partial charge in [0.25, 0.3) is 0 Å². The molecule has 3 atom stereocenters. The average molecular weight is 495 g/mol. The highest BCUT2D eigenvalue weighted by atomic mass is 16.7. The lowest BCUT2D eigenvalue weighted by Gasteiger charge is -2.31. The normalized spacial score (nSPS) is 19.5. The van der Waals surface area contributed by atoms with Crippen LogP contribution in [0.1, 0.15) is 84.2 Å². The predicted molar refractivity (Wildman–Crippen MR) is 138 cm³/mol.